The van der Waals surface area contributed by atoms with Crippen LogP contribution in [0.2, 0.25) is 0 Å². The molecule has 28 heavy (non-hydrogen) atoms. The monoisotopic (exact) mass is 403 g/mol. The molecule has 0 fully saturated rings. The van der Waals surface area contributed by atoms with E-state index >= 15 is 0 Å². The van der Waals surface area contributed by atoms with E-state index in [0.29, 0.717) is 41.7 Å². The second-order valence-electron chi connectivity index (χ2n) is 5.93. The number of thioether (sulfide) groups is 1. The van der Waals surface area contributed by atoms with Gasteiger partial charge in [0.15, 0.2) is 11.5 Å². The molecule has 0 unspecified atom stereocenters. The largest absolute Gasteiger partial charge is 0.489 e. The molecule has 0 aromatic heterocycles. The molecule has 0 radical (unpaired) electrons. The molecule has 1 aliphatic heterocycles. The highest BCUT2D eigenvalue weighted by molar-refractivity contribution is 7.99. The summed E-state index contributed by atoms with van der Waals surface area (Å²) in [5.41, 5.74) is 1.63. The normalized spacial score (nSPS) is 11.8. The van der Waals surface area contributed by atoms with Gasteiger partial charge in [0.25, 0.3) is 0 Å². The van der Waals surface area contributed by atoms with Gasteiger partial charge in [0, 0.05) is 23.9 Å². The summed E-state index contributed by atoms with van der Waals surface area (Å²) in [6.07, 6.45) is 0.319. The van der Waals surface area contributed by atoms with Crippen molar-refractivity contribution < 1.29 is 28.5 Å². The fourth-order valence-corrected chi connectivity index (χ4v) is 3.23. The molecule has 7 nitrogen and oxygen atoms in total. The van der Waals surface area contributed by atoms with Crippen LogP contribution in [-0.2, 0) is 20.9 Å². The summed E-state index contributed by atoms with van der Waals surface area (Å²) < 4.78 is 21.0. The van der Waals surface area contributed by atoms with Crippen molar-refractivity contribution in [2.45, 2.75) is 13.0 Å². The lowest BCUT2D eigenvalue weighted by Crippen LogP contribution is -2.13. The number of ether oxygens (including phenoxy) is 4. The Bertz CT molecular complexity index is 841. The van der Waals surface area contributed by atoms with Crippen LogP contribution in [0, 0.1) is 0 Å². The summed E-state index contributed by atoms with van der Waals surface area (Å²) in [5.74, 6) is 2.46. The Kier molecular flexibility index (Phi) is 7.02. The summed E-state index contributed by atoms with van der Waals surface area (Å²) >= 11 is 1.37. The van der Waals surface area contributed by atoms with E-state index in [9.17, 15) is 9.59 Å². The molecule has 1 amide bonds. The van der Waals surface area contributed by atoms with Crippen molar-refractivity contribution in [2.24, 2.45) is 0 Å². The van der Waals surface area contributed by atoms with Gasteiger partial charge < -0.3 is 24.3 Å². The third-order valence-corrected chi connectivity index (χ3v) is 4.81. The average molecular weight is 403 g/mol. The Morgan fingerprint density at radius 1 is 1.14 bits per heavy atom. The zero-order valence-corrected chi connectivity index (χ0v) is 16.3. The Morgan fingerprint density at radius 2 is 2.00 bits per heavy atom. The van der Waals surface area contributed by atoms with Gasteiger partial charge in [-0.05, 0) is 29.8 Å². The molecule has 148 valence electrons. The quantitative estimate of drug-likeness (QED) is 0.508. The first-order valence-electron chi connectivity index (χ1n) is 8.70. The maximum atomic E-state index is 12.0. The summed E-state index contributed by atoms with van der Waals surface area (Å²) in [4.78, 5) is 23.1. The number of esters is 1. The minimum atomic E-state index is -0.291. The molecular weight excluding hydrogens is 382 g/mol. The summed E-state index contributed by atoms with van der Waals surface area (Å²) in [6.45, 7) is 0.583. The number of carbonyl (C=O) groups is 2. The molecule has 3 rings (SSSR count). The van der Waals surface area contributed by atoms with Crippen molar-refractivity contribution in [3.05, 3.63) is 48.0 Å². The number of carbonyl (C=O) groups excluding carboxylic acids is 2. The molecule has 0 bridgehead atoms. The summed E-state index contributed by atoms with van der Waals surface area (Å²) in [6, 6.07) is 12.9. The van der Waals surface area contributed by atoms with E-state index in [4.69, 9.17) is 14.2 Å². The smallest absolute Gasteiger partial charge is 0.315 e. The highest BCUT2D eigenvalue weighted by Crippen LogP contribution is 2.35. The van der Waals surface area contributed by atoms with Gasteiger partial charge in [-0.1, -0.05) is 12.1 Å². The highest BCUT2D eigenvalue weighted by atomic mass is 32.2. The van der Waals surface area contributed by atoms with Crippen LogP contribution in [0.25, 0.3) is 0 Å². The molecule has 0 saturated heterocycles. The molecular formula is C20H21NO6S. The number of hydrogen-bond acceptors (Lipinski definition) is 7. The molecule has 8 heteroatoms. The lowest BCUT2D eigenvalue weighted by Gasteiger charge is -2.09. The van der Waals surface area contributed by atoms with Crippen LogP contribution in [0.15, 0.2) is 42.5 Å². The van der Waals surface area contributed by atoms with Crippen molar-refractivity contribution in [3.8, 4) is 17.2 Å². The van der Waals surface area contributed by atoms with Gasteiger partial charge in [-0.25, -0.2) is 0 Å². The second-order valence-corrected chi connectivity index (χ2v) is 7.04. The highest BCUT2D eigenvalue weighted by Gasteiger charge is 2.13. The number of anilines is 1. The van der Waals surface area contributed by atoms with Gasteiger partial charge in [0.1, 0.15) is 12.4 Å². The molecule has 0 atom stereocenters. The zero-order valence-electron chi connectivity index (χ0n) is 15.4. The minimum Gasteiger partial charge on any atom is -0.489 e. The van der Waals surface area contributed by atoms with E-state index in [1.54, 1.807) is 6.07 Å². The van der Waals surface area contributed by atoms with Crippen LogP contribution in [0.5, 0.6) is 17.2 Å². The minimum absolute atomic E-state index is 0.105. The SMILES string of the molecule is COC(=O)CSCCC(=O)Nc1cccc(COc2ccc3c(c2)OCO3)c1. The number of amides is 1. The molecule has 2 aromatic rings. The molecule has 2 aromatic carbocycles. The van der Waals surface area contributed by atoms with E-state index < -0.39 is 0 Å². The number of benzene rings is 2. The molecule has 0 aliphatic carbocycles. The van der Waals surface area contributed by atoms with Crippen LogP contribution in [-0.4, -0.2) is 37.3 Å². The van der Waals surface area contributed by atoms with Crippen molar-refractivity contribution in [1.82, 2.24) is 0 Å². The van der Waals surface area contributed by atoms with Crippen molar-refractivity contribution in [1.29, 1.82) is 0 Å². The van der Waals surface area contributed by atoms with Gasteiger partial charge in [0.05, 0.1) is 12.9 Å². The standard InChI is InChI=1S/C20H21NO6S/c1-24-20(23)12-28-8-7-19(22)21-15-4-2-3-14(9-15)11-25-16-5-6-17-18(10-16)27-13-26-17/h2-6,9-10H,7-8,11-13H2,1H3,(H,21,22). The summed E-state index contributed by atoms with van der Waals surface area (Å²) in [7, 11) is 1.35. The van der Waals surface area contributed by atoms with Crippen LogP contribution < -0.4 is 19.5 Å². The van der Waals surface area contributed by atoms with E-state index in [1.807, 2.05) is 36.4 Å². The third-order valence-electron chi connectivity index (χ3n) is 3.88. The van der Waals surface area contributed by atoms with Gasteiger partial charge in [-0.15, -0.1) is 11.8 Å². The molecule has 1 aliphatic rings. The maximum absolute atomic E-state index is 12.0. The predicted molar refractivity (Wildman–Crippen MR) is 106 cm³/mol. The lowest BCUT2D eigenvalue weighted by molar-refractivity contribution is -0.137. The van der Waals surface area contributed by atoms with Gasteiger partial charge in [-0.2, -0.15) is 0 Å². The van der Waals surface area contributed by atoms with Crippen LogP contribution in [0.3, 0.4) is 0 Å². The van der Waals surface area contributed by atoms with Gasteiger partial charge >= 0.3 is 5.97 Å². The lowest BCUT2D eigenvalue weighted by atomic mass is 10.2. The predicted octanol–water partition coefficient (Wildman–Crippen LogP) is 3.23. The molecule has 1 N–H and O–H groups in total. The van der Waals surface area contributed by atoms with Crippen LogP contribution in [0.4, 0.5) is 5.69 Å². The fourth-order valence-electron chi connectivity index (χ4n) is 2.47. The Labute approximate surface area is 167 Å². The summed E-state index contributed by atoms with van der Waals surface area (Å²) in [5, 5.41) is 2.86. The van der Waals surface area contributed by atoms with Crippen LogP contribution >= 0.6 is 11.8 Å². The van der Waals surface area contributed by atoms with Crippen molar-refractivity contribution in [3.63, 3.8) is 0 Å². The van der Waals surface area contributed by atoms with Crippen LogP contribution in [0.1, 0.15) is 12.0 Å². The van der Waals surface area contributed by atoms with E-state index in [0.717, 1.165) is 5.56 Å². The van der Waals surface area contributed by atoms with Crippen molar-refractivity contribution in [2.75, 3.05) is 30.7 Å². The van der Waals surface area contributed by atoms with E-state index in [-0.39, 0.29) is 24.4 Å². The first kappa shape index (κ1) is 19.9. The second kappa shape index (κ2) is 9.89. The maximum Gasteiger partial charge on any atom is 0.315 e. The number of rotatable bonds is 9. The van der Waals surface area contributed by atoms with Gasteiger partial charge in [0.2, 0.25) is 12.7 Å². The zero-order chi connectivity index (χ0) is 19.8. The molecule has 0 saturated carbocycles. The Balaban J connectivity index is 1.45. The Morgan fingerprint density at radius 3 is 2.86 bits per heavy atom. The van der Waals surface area contributed by atoms with Crippen molar-refractivity contribution >= 4 is 29.3 Å². The average Bonchev–Trinajstić information content (AvgIpc) is 3.17. The van der Waals surface area contributed by atoms with E-state index in [1.165, 1.54) is 18.9 Å². The molecule has 0 spiro atoms. The number of methoxy groups -OCH3 is 1. The Hall–Kier alpha value is -2.87. The topological polar surface area (TPSA) is 83.1 Å². The molecule has 1 heterocycles. The van der Waals surface area contributed by atoms with E-state index in [2.05, 4.69) is 10.1 Å². The number of fused-ring (bicyclic) bond motifs is 1. The third kappa shape index (κ3) is 5.82. The fraction of sp³-hybridized carbons (Fsp3) is 0.300. The van der Waals surface area contributed by atoms with Gasteiger partial charge in [-0.3, -0.25) is 9.59 Å². The number of nitrogens with one attached hydrogen (secondary N) is 1. The first-order chi connectivity index (χ1) is 13.6. The first-order valence-corrected chi connectivity index (χ1v) is 9.85. The number of hydrogen-bond donors (Lipinski definition) is 1.